The highest BCUT2D eigenvalue weighted by Crippen LogP contribution is 2.30. The number of rotatable bonds is 5. The second kappa shape index (κ2) is 5.26. The topological polar surface area (TPSA) is 116 Å². The molecule has 0 saturated carbocycles. The first kappa shape index (κ1) is 12.9. The van der Waals surface area contributed by atoms with Crippen LogP contribution in [0.4, 0.5) is 5.69 Å². The molecule has 1 aromatic carbocycles. The third-order valence-corrected chi connectivity index (χ3v) is 2.34. The fourth-order valence-electron chi connectivity index (χ4n) is 1.46. The molecule has 0 amide bonds. The summed E-state index contributed by atoms with van der Waals surface area (Å²) in [5.41, 5.74) is 5.08. The molecule has 0 aromatic heterocycles. The van der Waals surface area contributed by atoms with Gasteiger partial charge < -0.3 is 15.6 Å². The molecule has 0 spiro atoms. The van der Waals surface area contributed by atoms with Gasteiger partial charge in [0.2, 0.25) is 0 Å². The van der Waals surface area contributed by atoms with Crippen LogP contribution in [0.5, 0.6) is 5.75 Å². The summed E-state index contributed by atoms with van der Waals surface area (Å²) in [4.78, 5) is 21.1. The van der Waals surface area contributed by atoms with Crippen molar-refractivity contribution in [3.8, 4) is 5.75 Å². The minimum absolute atomic E-state index is 0.0748. The number of nitrogens with two attached hydrogens (primary N) is 1. The number of nitro groups is 1. The van der Waals surface area contributed by atoms with Crippen molar-refractivity contribution in [2.24, 2.45) is 5.73 Å². The molecule has 7 nitrogen and oxygen atoms in total. The van der Waals surface area contributed by atoms with Crippen LogP contribution in [0.3, 0.4) is 0 Å². The Morgan fingerprint density at radius 3 is 2.71 bits per heavy atom. The normalized spacial score (nSPS) is 11.9. The number of hydrogen-bond donors (Lipinski definition) is 2. The molecular weight excluding hydrogens is 228 g/mol. The Morgan fingerprint density at radius 2 is 2.29 bits per heavy atom. The number of carboxylic acid groups (broad SMARTS) is 1. The molecule has 3 N–H and O–H groups in total. The summed E-state index contributed by atoms with van der Waals surface area (Å²) in [7, 11) is 1.37. The minimum atomic E-state index is -1.19. The number of methoxy groups -OCH3 is 1. The molecule has 0 fully saturated rings. The molecule has 0 bridgehead atoms. The van der Waals surface area contributed by atoms with E-state index in [2.05, 4.69) is 0 Å². The van der Waals surface area contributed by atoms with Crippen molar-refractivity contribution >= 4 is 11.7 Å². The number of benzene rings is 1. The number of aliphatic carboxylic acids is 1. The summed E-state index contributed by atoms with van der Waals surface area (Å²) < 4.78 is 4.85. The highest BCUT2D eigenvalue weighted by molar-refractivity contribution is 5.78. The van der Waals surface area contributed by atoms with Crippen LogP contribution < -0.4 is 10.5 Å². The number of carboxylic acids is 1. The third kappa shape index (κ3) is 2.70. The highest BCUT2D eigenvalue weighted by Gasteiger charge is 2.27. The van der Waals surface area contributed by atoms with E-state index in [1.54, 1.807) is 0 Å². The first-order valence-corrected chi connectivity index (χ1v) is 4.76. The maximum Gasteiger partial charge on any atom is 0.312 e. The summed E-state index contributed by atoms with van der Waals surface area (Å²) in [5.74, 6) is -2.00. The molecule has 0 saturated heterocycles. The Kier molecular flexibility index (Phi) is 4.00. The molecule has 1 aromatic rings. The van der Waals surface area contributed by atoms with Gasteiger partial charge in [0.15, 0.2) is 0 Å². The smallest absolute Gasteiger partial charge is 0.312 e. The summed E-state index contributed by atoms with van der Waals surface area (Å²) in [6.07, 6.45) is 0. The molecule has 17 heavy (non-hydrogen) atoms. The van der Waals surface area contributed by atoms with Crippen molar-refractivity contribution in [3.05, 3.63) is 33.9 Å². The standard InChI is InChI=1S/C10H12N2O5/c1-17-6-2-3-7(8(5-11)10(13)14)9(4-6)12(15)16/h2-4,8H,5,11H2,1H3,(H,13,14). The van der Waals surface area contributed by atoms with Gasteiger partial charge >= 0.3 is 5.97 Å². The molecule has 1 unspecified atom stereocenters. The van der Waals surface area contributed by atoms with E-state index >= 15 is 0 Å². The van der Waals surface area contributed by atoms with Gasteiger partial charge in [0.05, 0.1) is 18.1 Å². The van der Waals surface area contributed by atoms with Crippen LogP contribution in [0.2, 0.25) is 0 Å². The van der Waals surface area contributed by atoms with E-state index in [4.69, 9.17) is 15.6 Å². The van der Waals surface area contributed by atoms with Crippen LogP contribution >= 0.6 is 0 Å². The Morgan fingerprint density at radius 1 is 1.65 bits per heavy atom. The van der Waals surface area contributed by atoms with E-state index in [0.29, 0.717) is 5.75 Å². The number of ether oxygens (including phenoxy) is 1. The van der Waals surface area contributed by atoms with Gasteiger partial charge in [-0.2, -0.15) is 0 Å². The lowest BCUT2D eigenvalue weighted by Crippen LogP contribution is -2.22. The Bertz CT molecular complexity index is 446. The largest absolute Gasteiger partial charge is 0.497 e. The quantitative estimate of drug-likeness (QED) is 0.579. The molecule has 0 heterocycles. The molecular formula is C10H12N2O5. The van der Waals surface area contributed by atoms with Gasteiger partial charge in [-0.15, -0.1) is 0 Å². The van der Waals surface area contributed by atoms with Gasteiger partial charge in [0.25, 0.3) is 5.69 Å². The van der Waals surface area contributed by atoms with Crippen LogP contribution in [0.1, 0.15) is 11.5 Å². The minimum Gasteiger partial charge on any atom is -0.497 e. The van der Waals surface area contributed by atoms with E-state index in [0.717, 1.165) is 0 Å². The predicted octanol–water partition coefficient (Wildman–Crippen LogP) is 0.730. The maximum absolute atomic E-state index is 10.9. The first-order chi connectivity index (χ1) is 8.01. The maximum atomic E-state index is 10.9. The van der Waals surface area contributed by atoms with Crippen LogP contribution in [-0.4, -0.2) is 29.7 Å². The molecule has 1 rings (SSSR count). The van der Waals surface area contributed by atoms with Gasteiger partial charge in [-0.25, -0.2) is 0 Å². The highest BCUT2D eigenvalue weighted by atomic mass is 16.6. The monoisotopic (exact) mass is 240 g/mol. The summed E-state index contributed by atoms with van der Waals surface area (Å²) in [5, 5.41) is 19.8. The molecule has 0 aliphatic carbocycles. The summed E-state index contributed by atoms with van der Waals surface area (Å²) >= 11 is 0. The zero-order valence-electron chi connectivity index (χ0n) is 9.12. The van der Waals surface area contributed by atoms with Crippen molar-refractivity contribution in [2.75, 3.05) is 13.7 Å². The second-order valence-electron chi connectivity index (χ2n) is 3.31. The van der Waals surface area contributed by atoms with E-state index in [1.807, 2.05) is 0 Å². The van der Waals surface area contributed by atoms with Crippen molar-refractivity contribution in [2.45, 2.75) is 5.92 Å². The van der Waals surface area contributed by atoms with E-state index < -0.39 is 16.8 Å². The van der Waals surface area contributed by atoms with Gasteiger partial charge in [-0.05, 0) is 12.1 Å². The van der Waals surface area contributed by atoms with Crippen molar-refractivity contribution in [1.29, 1.82) is 0 Å². The second-order valence-corrected chi connectivity index (χ2v) is 3.31. The van der Waals surface area contributed by atoms with E-state index in [-0.39, 0.29) is 17.8 Å². The molecule has 7 heteroatoms. The van der Waals surface area contributed by atoms with E-state index in [9.17, 15) is 14.9 Å². The lowest BCUT2D eigenvalue weighted by atomic mass is 9.97. The van der Waals surface area contributed by atoms with Crippen molar-refractivity contribution in [1.82, 2.24) is 0 Å². The Hall–Kier alpha value is -2.15. The average Bonchev–Trinajstić information content (AvgIpc) is 2.29. The van der Waals surface area contributed by atoms with Crippen LogP contribution in [0.25, 0.3) is 0 Å². The predicted molar refractivity (Wildman–Crippen MR) is 59.1 cm³/mol. The van der Waals surface area contributed by atoms with Crippen LogP contribution in [-0.2, 0) is 4.79 Å². The van der Waals surface area contributed by atoms with Gasteiger partial charge in [0, 0.05) is 12.1 Å². The lowest BCUT2D eigenvalue weighted by molar-refractivity contribution is -0.385. The van der Waals surface area contributed by atoms with Crippen LogP contribution in [0.15, 0.2) is 18.2 Å². The number of hydrogen-bond acceptors (Lipinski definition) is 5. The average molecular weight is 240 g/mol. The SMILES string of the molecule is COc1ccc(C(CN)C(=O)O)c([N+](=O)[O-])c1. The van der Waals surface area contributed by atoms with E-state index in [1.165, 1.54) is 25.3 Å². The molecule has 0 aliphatic heterocycles. The number of nitrogens with zero attached hydrogens (tertiary/aromatic N) is 1. The molecule has 92 valence electrons. The van der Waals surface area contributed by atoms with Crippen LogP contribution in [0, 0.1) is 10.1 Å². The molecule has 0 radical (unpaired) electrons. The lowest BCUT2D eigenvalue weighted by Gasteiger charge is -2.11. The van der Waals surface area contributed by atoms with Crippen molar-refractivity contribution in [3.63, 3.8) is 0 Å². The van der Waals surface area contributed by atoms with Crippen molar-refractivity contribution < 1.29 is 19.6 Å². The molecule has 0 aliphatic rings. The Balaban J connectivity index is 3.31. The Labute approximate surface area is 97.0 Å². The fourth-order valence-corrected chi connectivity index (χ4v) is 1.46. The van der Waals surface area contributed by atoms with Gasteiger partial charge in [-0.1, -0.05) is 0 Å². The molecule has 1 atom stereocenters. The summed E-state index contributed by atoms with van der Waals surface area (Å²) in [6, 6.07) is 4.00. The fraction of sp³-hybridized carbons (Fsp3) is 0.300. The third-order valence-electron chi connectivity index (χ3n) is 2.34. The van der Waals surface area contributed by atoms with Gasteiger partial charge in [-0.3, -0.25) is 14.9 Å². The summed E-state index contributed by atoms with van der Waals surface area (Å²) in [6.45, 7) is -0.206. The zero-order chi connectivity index (χ0) is 13.0. The van der Waals surface area contributed by atoms with Gasteiger partial charge in [0.1, 0.15) is 11.7 Å². The first-order valence-electron chi connectivity index (χ1n) is 4.76. The number of carbonyl (C=O) groups is 1. The zero-order valence-corrected chi connectivity index (χ0v) is 9.12. The number of nitro benzene ring substituents is 1.